The number of anilines is 1. The summed E-state index contributed by atoms with van der Waals surface area (Å²) in [5, 5.41) is 2.83. The van der Waals surface area contributed by atoms with Crippen LogP contribution >= 0.6 is 0 Å². The van der Waals surface area contributed by atoms with Gasteiger partial charge in [0.1, 0.15) is 17.1 Å². The van der Waals surface area contributed by atoms with Crippen LogP contribution in [-0.2, 0) is 9.53 Å². The predicted molar refractivity (Wildman–Crippen MR) is 92.3 cm³/mol. The van der Waals surface area contributed by atoms with Crippen LogP contribution in [-0.4, -0.2) is 18.0 Å². The molecule has 128 valence electrons. The first-order valence-corrected chi connectivity index (χ1v) is 7.87. The van der Waals surface area contributed by atoms with E-state index in [9.17, 15) is 9.59 Å². The first-order chi connectivity index (χ1) is 11.2. The van der Waals surface area contributed by atoms with Crippen LogP contribution in [0.2, 0.25) is 0 Å². The number of aryl methyl sites for hydroxylation is 4. The maximum atomic E-state index is 12.3. The molecule has 2 aromatic rings. The minimum atomic E-state index is -0.912. The highest BCUT2D eigenvalue weighted by atomic mass is 16.5. The number of amides is 1. The van der Waals surface area contributed by atoms with Crippen molar-refractivity contribution in [3.63, 3.8) is 0 Å². The Hall–Kier alpha value is -2.56. The molecular weight excluding hydrogens is 306 g/mol. The number of para-hydroxylation sites is 1. The Morgan fingerprint density at radius 2 is 1.62 bits per heavy atom. The van der Waals surface area contributed by atoms with Gasteiger partial charge in [-0.2, -0.15) is 0 Å². The van der Waals surface area contributed by atoms with Crippen LogP contribution in [0.15, 0.2) is 22.6 Å². The summed E-state index contributed by atoms with van der Waals surface area (Å²) in [4.78, 5) is 24.7. The highest BCUT2D eigenvalue weighted by Crippen LogP contribution is 2.23. The van der Waals surface area contributed by atoms with Crippen molar-refractivity contribution in [1.82, 2.24) is 0 Å². The van der Waals surface area contributed by atoms with Gasteiger partial charge in [0, 0.05) is 11.3 Å². The molecule has 0 fully saturated rings. The summed E-state index contributed by atoms with van der Waals surface area (Å²) in [6.45, 7) is 10.7. The Morgan fingerprint density at radius 3 is 2.12 bits per heavy atom. The number of hydrogen-bond acceptors (Lipinski definition) is 4. The van der Waals surface area contributed by atoms with Gasteiger partial charge in [-0.15, -0.1) is 0 Å². The zero-order valence-corrected chi connectivity index (χ0v) is 14.9. The summed E-state index contributed by atoms with van der Waals surface area (Å²) in [5.74, 6) is 0.256. The highest BCUT2D eigenvalue weighted by Gasteiger charge is 2.25. The number of benzene rings is 1. The van der Waals surface area contributed by atoms with Gasteiger partial charge >= 0.3 is 5.97 Å². The van der Waals surface area contributed by atoms with Gasteiger partial charge in [0.15, 0.2) is 6.10 Å². The molecule has 2 rings (SSSR count). The van der Waals surface area contributed by atoms with Crippen LogP contribution in [0.3, 0.4) is 0 Å². The van der Waals surface area contributed by atoms with E-state index >= 15 is 0 Å². The van der Waals surface area contributed by atoms with Crippen molar-refractivity contribution >= 4 is 17.6 Å². The van der Waals surface area contributed by atoms with E-state index in [0.717, 1.165) is 22.4 Å². The van der Waals surface area contributed by atoms with Gasteiger partial charge in [0.25, 0.3) is 5.91 Å². The quantitative estimate of drug-likeness (QED) is 0.861. The van der Waals surface area contributed by atoms with Crippen molar-refractivity contribution < 1.29 is 18.7 Å². The number of carbonyl (C=O) groups is 2. The normalized spacial score (nSPS) is 11.9. The second-order valence-corrected chi connectivity index (χ2v) is 6.02. The minimum Gasteiger partial charge on any atom is -0.465 e. The fourth-order valence-electron chi connectivity index (χ4n) is 2.60. The first kappa shape index (κ1) is 17.8. The molecule has 1 aromatic heterocycles. The Balaban J connectivity index is 2.10. The van der Waals surface area contributed by atoms with E-state index in [2.05, 4.69) is 5.32 Å². The third kappa shape index (κ3) is 3.50. The Morgan fingerprint density at radius 1 is 1.04 bits per heavy atom. The van der Waals surface area contributed by atoms with E-state index < -0.39 is 12.1 Å². The largest absolute Gasteiger partial charge is 0.465 e. The van der Waals surface area contributed by atoms with Crippen LogP contribution in [0.5, 0.6) is 0 Å². The maximum Gasteiger partial charge on any atom is 0.342 e. The second-order valence-electron chi connectivity index (χ2n) is 6.02. The van der Waals surface area contributed by atoms with Crippen LogP contribution in [0.4, 0.5) is 5.69 Å². The summed E-state index contributed by atoms with van der Waals surface area (Å²) in [6, 6.07) is 5.76. The molecule has 1 N–H and O–H groups in total. The van der Waals surface area contributed by atoms with E-state index in [4.69, 9.17) is 9.15 Å². The number of rotatable bonds is 4. The molecule has 0 bridgehead atoms. The van der Waals surface area contributed by atoms with Crippen LogP contribution in [0.25, 0.3) is 0 Å². The van der Waals surface area contributed by atoms with Crippen LogP contribution in [0.1, 0.15) is 45.5 Å². The molecule has 5 nitrogen and oxygen atoms in total. The number of nitrogens with one attached hydrogen (secondary N) is 1. The van der Waals surface area contributed by atoms with Crippen molar-refractivity contribution in [1.29, 1.82) is 0 Å². The first-order valence-electron chi connectivity index (χ1n) is 7.87. The molecule has 1 aromatic carbocycles. The van der Waals surface area contributed by atoms with Gasteiger partial charge in [-0.05, 0) is 52.7 Å². The fourth-order valence-corrected chi connectivity index (χ4v) is 2.60. The lowest BCUT2D eigenvalue weighted by Crippen LogP contribution is -2.30. The zero-order chi connectivity index (χ0) is 18.0. The molecule has 0 radical (unpaired) electrons. The molecule has 0 saturated heterocycles. The molecule has 24 heavy (non-hydrogen) atoms. The Bertz CT molecular complexity index is 769. The molecule has 0 spiro atoms. The summed E-state index contributed by atoms with van der Waals surface area (Å²) in [6.07, 6.45) is -0.912. The summed E-state index contributed by atoms with van der Waals surface area (Å²) >= 11 is 0. The van der Waals surface area contributed by atoms with Gasteiger partial charge in [-0.25, -0.2) is 4.79 Å². The van der Waals surface area contributed by atoms with Crippen molar-refractivity contribution in [3.05, 3.63) is 52.0 Å². The lowest BCUT2D eigenvalue weighted by Gasteiger charge is -2.16. The number of esters is 1. The molecule has 0 saturated carbocycles. The highest BCUT2D eigenvalue weighted by molar-refractivity contribution is 5.99. The molecule has 0 aliphatic heterocycles. The smallest absolute Gasteiger partial charge is 0.342 e. The van der Waals surface area contributed by atoms with Gasteiger partial charge in [-0.1, -0.05) is 18.2 Å². The summed E-state index contributed by atoms with van der Waals surface area (Å²) < 4.78 is 10.7. The van der Waals surface area contributed by atoms with Crippen molar-refractivity contribution in [2.75, 3.05) is 5.32 Å². The van der Waals surface area contributed by atoms with Gasteiger partial charge in [-0.3, -0.25) is 4.79 Å². The fraction of sp³-hybridized carbons (Fsp3) is 0.368. The van der Waals surface area contributed by atoms with Crippen LogP contribution in [0, 0.1) is 34.6 Å². The van der Waals surface area contributed by atoms with E-state index in [1.165, 1.54) is 0 Å². The summed E-state index contributed by atoms with van der Waals surface area (Å²) in [7, 11) is 0. The standard InChI is InChI=1S/C19H23NO4/c1-10-8-7-9-11(2)17(10)20-18(21)15(6)24-19(22)16-12(3)13(4)23-14(16)5/h7-9,15H,1-6H3,(H,20,21)/t15-/m1/s1. The third-order valence-electron chi connectivity index (χ3n) is 4.15. The summed E-state index contributed by atoms with van der Waals surface area (Å²) in [5.41, 5.74) is 3.79. The predicted octanol–water partition coefficient (Wildman–Crippen LogP) is 4.01. The SMILES string of the molecule is Cc1cccc(C)c1NC(=O)[C@@H](C)OC(=O)c1c(C)oc(C)c1C. The molecular formula is C19H23NO4. The lowest BCUT2D eigenvalue weighted by molar-refractivity contribution is -0.123. The molecule has 5 heteroatoms. The molecule has 0 aliphatic rings. The van der Waals surface area contributed by atoms with Crippen LogP contribution < -0.4 is 5.32 Å². The molecule has 1 atom stereocenters. The number of carbonyl (C=O) groups excluding carboxylic acids is 2. The number of ether oxygens (including phenoxy) is 1. The molecule has 0 unspecified atom stereocenters. The minimum absolute atomic E-state index is 0.365. The zero-order valence-electron chi connectivity index (χ0n) is 14.9. The second kappa shape index (κ2) is 6.91. The van der Waals surface area contributed by atoms with Gasteiger partial charge < -0.3 is 14.5 Å². The average Bonchev–Trinajstić information content (AvgIpc) is 2.75. The van der Waals surface area contributed by atoms with Gasteiger partial charge in [0.05, 0.1) is 0 Å². The maximum absolute atomic E-state index is 12.3. The van der Waals surface area contributed by atoms with E-state index in [-0.39, 0.29) is 5.91 Å². The van der Waals surface area contributed by atoms with Crippen molar-refractivity contribution in [3.8, 4) is 0 Å². The monoisotopic (exact) mass is 329 g/mol. The van der Waals surface area contributed by atoms with E-state index in [1.54, 1.807) is 27.7 Å². The Kier molecular flexibility index (Phi) is 5.12. The number of hydrogen-bond donors (Lipinski definition) is 1. The number of furan rings is 1. The topological polar surface area (TPSA) is 68.5 Å². The Labute approximate surface area is 142 Å². The van der Waals surface area contributed by atoms with Gasteiger partial charge in [0.2, 0.25) is 0 Å². The van der Waals surface area contributed by atoms with Crippen molar-refractivity contribution in [2.45, 2.75) is 47.6 Å². The molecule has 1 amide bonds. The van der Waals surface area contributed by atoms with E-state index in [1.807, 2.05) is 32.0 Å². The lowest BCUT2D eigenvalue weighted by atomic mass is 10.1. The third-order valence-corrected chi connectivity index (χ3v) is 4.15. The van der Waals surface area contributed by atoms with Crippen molar-refractivity contribution in [2.24, 2.45) is 0 Å². The molecule has 1 heterocycles. The molecule has 0 aliphatic carbocycles. The average molecular weight is 329 g/mol. The van der Waals surface area contributed by atoms with E-state index in [0.29, 0.717) is 17.1 Å².